The van der Waals surface area contributed by atoms with Gasteiger partial charge in [0.05, 0.1) is 6.10 Å². The van der Waals surface area contributed by atoms with Crippen molar-refractivity contribution in [2.45, 2.75) is 44.6 Å². The lowest BCUT2D eigenvalue weighted by Crippen LogP contribution is -2.37. The lowest BCUT2D eigenvalue weighted by atomic mass is 9.90. The van der Waals surface area contributed by atoms with Crippen molar-refractivity contribution in [3.63, 3.8) is 0 Å². The van der Waals surface area contributed by atoms with Crippen LogP contribution in [0.4, 0.5) is 0 Å². The Balaban J connectivity index is 1.58. The van der Waals surface area contributed by atoms with Crippen molar-refractivity contribution in [1.29, 1.82) is 0 Å². The molecule has 4 nitrogen and oxygen atoms in total. The maximum absolute atomic E-state index is 12.7. The standard InChI is InChI=1S/C20H30N2O2/c1-22(15-19-7-2-3-12-24-19)20(23)18-6-4-5-17(14-18)13-16-8-10-21-11-9-16/h4-6,14,16,19,21H,2-3,7-13,15H2,1H3. The van der Waals surface area contributed by atoms with Crippen LogP contribution >= 0.6 is 0 Å². The average molecular weight is 330 g/mol. The number of nitrogens with zero attached hydrogens (tertiary/aromatic N) is 1. The van der Waals surface area contributed by atoms with Crippen LogP contribution < -0.4 is 5.32 Å². The quantitative estimate of drug-likeness (QED) is 0.902. The molecular weight excluding hydrogens is 300 g/mol. The summed E-state index contributed by atoms with van der Waals surface area (Å²) in [5, 5.41) is 3.41. The highest BCUT2D eigenvalue weighted by molar-refractivity contribution is 5.94. The summed E-state index contributed by atoms with van der Waals surface area (Å²) in [5.41, 5.74) is 2.09. The van der Waals surface area contributed by atoms with Gasteiger partial charge in [-0.3, -0.25) is 4.79 Å². The van der Waals surface area contributed by atoms with Crippen molar-refractivity contribution in [3.8, 4) is 0 Å². The number of hydrogen-bond acceptors (Lipinski definition) is 3. The molecule has 1 aromatic rings. The summed E-state index contributed by atoms with van der Waals surface area (Å²) in [6.45, 7) is 3.76. The maximum atomic E-state index is 12.7. The molecule has 4 heteroatoms. The monoisotopic (exact) mass is 330 g/mol. The zero-order valence-corrected chi connectivity index (χ0v) is 14.8. The van der Waals surface area contributed by atoms with Gasteiger partial charge >= 0.3 is 0 Å². The van der Waals surface area contributed by atoms with Crippen LogP contribution in [0.2, 0.25) is 0 Å². The Morgan fingerprint density at radius 3 is 2.83 bits per heavy atom. The maximum Gasteiger partial charge on any atom is 0.253 e. The van der Waals surface area contributed by atoms with Gasteiger partial charge in [0.2, 0.25) is 0 Å². The molecule has 0 radical (unpaired) electrons. The molecule has 0 saturated carbocycles. The first-order valence-corrected chi connectivity index (χ1v) is 9.39. The van der Waals surface area contributed by atoms with Crippen LogP contribution in [0.3, 0.4) is 0 Å². The van der Waals surface area contributed by atoms with E-state index in [9.17, 15) is 4.79 Å². The minimum atomic E-state index is 0.108. The molecule has 2 saturated heterocycles. The highest BCUT2D eigenvalue weighted by atomic mass is 16.5. The van der Waals surface area contributed by atoms with Crippen LogP contribution in [0.5, 0.6) is 0 Å². The molecule has 1 aromatic carbocycles. The van der Waals surface area contributed by atoms with Crippen LogP contribution in [-0.4, -0.2) is 50.2 Å². The van der Waals surface area contributed by atoms with E-state index in [0.29, 0.717) is 6.54 Å². The summed E-state index contributed by atoms with van der Waals surface area (Å²) in [6.07, 6.45) is 7.16. The molecule has 2 aliphatic heterocycles. The van der Waals surface area contributed by atoms with Crippen LogP contribution in [0, 0.1) is 5.92 Å². The summed E-state index contributed by atoms with van der Waals surface area (Å²) in [7, 11) is 1.89. The topological polar surface area (TPSA) is 41.6 Å². The van der Waals surface area contributed by atoms with E-state index in [4.69, 9.17) is 4.74 Å². The smallest absolute Gasteiger partial charge is 0.253 e. The van der Waals surface area contributed by atoms with Crippen LogP contribution in [0.1, 0.15) is 48.0 Å². The summed E-state index contributed by atoms with van der Waals surface area (Å²) < 4.78 is 5.76. The van der Waals surface area contributed by atoms with E-state index in [1.165, 1.54) is 24.8 Å². The van der Waals surface area contributed by atoms with Gasteiger partial charge in [-0.15, -0.1) is 0 Å². The third-order valence-corrected chi connectivity index (χ3v) is 5.26. The van der Waals surface area contributed by atoms with Crippen molar-refractivity contribution in [3.05, 3.63) is 35.4 Å². The highest BCUT2D eigenvalue weighted by Crippen LogP contribution is 2.20. The van der Waals surface area contributed by atoms with Crippen molar-refractivity contribution >= 4 is 5.91 Å². The van der Waals surface area contributed by atoms with E-state index in [-0.39, 0.29) is 12.0 Å². The van der Waals surface area contributed by atoms with Gasteiger partial charge in [0, 0.05) is 25.8 Å². The number of ether oxygens (including phenoxy) is 1. The fourth-order valence-corrected chi connectivity index (χ4v) is 3.81. The van der Waals surface area contributed by atoms with E-state index >= 15 is 0 Å². The van der Waals surface area contributed by atoms with Gasteiger partial charge in [-0.25, -0.2) is 0 Å². The SMILES string of the molecule is CN(CC1CCCCO1)C(=O)c1cccc(CC2CCNCC2)c1. The first kappa shape index (κ1) is 17.4. The molecule has 0 aliphatic carbocycles. The third kappa shape index (κ3) is 4.81. The molecule has 0 aromatic heterocycles. The Labute approximate surface area is 145 Å². The van der Waals surface area contributed by atoms with Crippen LogP contribution in [0.15, 0.2) is 24.3 Å². The molecule has 24 heavy (non-hydrogen) atoms. The number of carbonyl (C=O) groups excluding carboxylic acids is 1. The molecule has 1 amide bonds. The second-order valence-corrected chi connectivity index (χ2v) is 7.27. The van der Waals surface area contributed by atoms with E-state index < -0.39 is 0 Å². The van der Waals surface area contributed by atoms with Crippen molar-refractivity contribution in [2.75, 3.05) is 33.3 Å². The molecule has 1 unspecified atom stereocenters. The summed E-state index contributed by atoms with van der Waals surface area (Å²) in [5.74, 6) is 0.848. The lowest BCUT2D eigenvalue weighted by Gasteiger charge is -2.27. The highest BCUT2D eigenvalue weighted by Gasteiger charge is 2.20. The van der Waals surface area contributed by atoms with E-state index in [0.717, 1.165) is 50.4 Å². The van der Waals surface area contributed by atoms with E-state index in [1.54, 1.807) is 0 Å². The van der Waals surface area contributed by atoms with E-state index in [1.807, 2.05) is 24.1 Å². The van der Waals surface area contributed by atoms with Crippen LogP contribution in [-0.2, 0) is 11.2 Å². The number of likely N-dealkylation sites (N-methyl/N-ethyl adjacent to an activating group) is 1. The molecule has 2 fully saturated rings. The zero-order valence-electron chi connectivity index (χ0n) is 14.8. The Hall–Kier alpha value is -1.39. The lowest BCUT2D eigenvalue weighted by molar-refractivity contribution is -0.000188. The molecular formula is C20H30N2O2. The molecule has 1 N–H and O–H groups in total. The molecule has 2 heterocycles. The van der Waals surface area contributed by atoms with Gasteiger partial charge in [0.15, 0.2) is 0 Å². The fourth-order valence-electron chi connectivity index (χ4n) is 3.81. The summed E-state index contributed by atoms with van der Waals surface area (Å²) >= 11 is 0. The molecule has 0 spiro atoms. The second-order valence-electron chi connectivity index (χ2n) is 7.27. The Morgan fingerprint density at radius 2 is 2.08 bits per heavy atom. The predicted molar refractivity (Wildman–Crippen MR) is 96.3 cm³/mol. The van der Waals surface area contributed by atoms with Gasteiger partial charge in [-0.05, 0) is 75.2 Å². The minimum absolute atomic E-state index is 0.108. The van der Waals surface area contributed by atoms with Gasteiger partial charge in [-0.1, -0.05) is 12.1 Å². The molecule has 0 bridgehead atoms. The number of benzene rings is 1. The number of amides is 1. The minimum Gasteiger partial charge on any atom is -0.376 e. The number of carbonyl (C=O) groups is 1. The normalized spacial score (nSPS) is 22.3. The van der Waals surface area contributed by atoms with Gasteiger partial charge < -0.3 is 15.0 Å². The summed E-state index contributed by atoms with van der Waals surface area (Å²) in [4.78, 5) is 14.5. The molecule has 2 aliphatic rings. The second kappa shape index (κ2) is 8.63. The number of piperidine rings is 1. The van der Waals surface area contributed by atoms with Crippen molar-refractivity contribution in [1.82, 2.24) is 10.2 Å². The van der Waals surface area contributed by atoms with Gasteiger partial charge in [0.25, 0.3) is 5.91 Å². The Morgan fingerprint density at radius 1 is 1.25 bits per heavy atom. The molecule has 1 atom stereocenters. The Bertz CT molecular complexity index is 534. The van der Waals surface area contributed by atoms with Gasteiger partial charge in [-0.2, -0.15) is 0 Å². The first-order chi connectivity index (χ1) is 11.7. The number of hydrogen-bond donors (Lipinski definition) is 1. The fraction of sp³-hybridized carbons (Fsp3) is 0.650. The third-order valence-electron chi connectivity index (χ3n) is 5.26. The number of nitrogens with one attached hydrogen (secondary N) is 1. The largest absolute Gasteiger partial charge is 0.376 e. The predicted octanol–water partition coefficient (Wildman–Crippen LogP) is 2.87. The van der Waals surface area contributed by atoms with Gasteiger partial charge in [0.1, 0.15) is 0 Å². The van der Waals surface area contributed by atoms with Crippen LogP contribution in [0.25, 0.3) is 0 Å². The first-order valence-electron chi connectivity index (χ1n) is 9.39. The zero-order chi connectivity index (χ0) is 16.8. The molecule has 132 valence electrons. The van der Waals surface area contributed by atoms with Crippen molar-refractivity contribution in [2.24, 2.45) is 5.92 Å². The summed E-state index contributed by atoms with van der Waals surface area (Å²) in [6, 6.07) is 8.20. The van der Waals surface area contributed by atoms with E-state index in [2.05, 4.69) is 17.4 Å². The average Bonchev–Trinajstić information content (AvgIpc) is 2.63. The number of rotatable bonds is 5. The van der Waals surface area contributed by atoms with Crippen molar-refractivity contribution < 1.29 is 9.53 Å². The Kier molecular flexibility index (Phi) is 6.27. The molecule has 3 rings (SSSR count).